The summed E-state index contributed by atoms with van der Waals surface area (Å²) in [7, 11) is 0. The average molecular weight is 359 g/mol. The van der Waals surface area contributed by atoms with Crippen LogP contribution in [0.15, 0.2) is 24.3 Å². The van der Waals surface area contributed by atoms with Crippen molar-refractivity contribution in [2.24, 2.45) is 11.7 Å². The second kappa shape index (κ2) is 7.54. The molecule has 2 heterocycles. The van der Waals surface area contributed by atoms with Crippen LogP contribution in [-0.2, 0) is 0 Å². The van der Waals surface area contributed by atoms with Crippen LogP contribution in [0.3, 0.4) is 0 Å². The highest BCUT2D eigenvalue weighted by molar-refractivity contribution is 7.17. The first-order chi connectivity index (χ1) is 12.0. The number of nitrogens with two attached hydrogens (primary N) is 1. The number of amides is 1. The number of hydrogen-bond donors (Lipinski definition) is 1. The maximum Gasteiger partial charge on any atom is 0.266 e. The number of benzene rings is 1. The highest BCUT2D eigenvalue weighted by Crippen LogP contribution is 2.32. The van der Waals surface area contributed by atoms with Crippen LogP contribution in [0.2, 0.25) is 0 Å². The van der Waals surface area contributed by atoms with Crippen LogP contribution in [0.4, 0.5) is 0 Å². The highest BCUT2D eigenvalue weighted by Gasteiger charge is 2.33. The van der Waals surface area contributed by atoms with Crippen molar-refractivity contribution in [2.45, 2.75) is 33.2 Å². The van der Waals surface area contributed by atoms with Crippen LogP contribution >= 0.6 is 11.3 Å². The zero-order valence-electron chi connectivity index (χ0n) is 15.0. The van der Waals surface area contributed by atoms with Crippen molar-refractivity contribution < 1.29 is 9.53 Å². The predicted molar refractivity (Wildman–Crippen MR) is 101 cm³/mol. The molecule has 6 heteroatoms. The number of nitrogens with zero attached hydrogens (tertiary/aromatic N) is 2. The largest absolute Gasteiger partial charge is 0.494 e. The molecule has 25 heavy (non-hydrogen) atoms. The van der Waals surface area contributed by atoms with Crippen molar-refractivity contribution in [1.82, 2.24) is 9.88 Å². The molecule has 1 fully saturated rings. The summed E-state index contributed by atoms with van der Waals surface area (Å²) < 4.78 is 5.48. The van der Waals surface area contributed by atoms with E-state index in [-0.39, 0.29) is 11.9 Å². The molecule has 1 aromatic carbocycles. The standard InChI is InChI=1S/C19H25N3O2S/c1-4-24-16-7-5-15(6-8-16)18-21-13(3)17(25-18)19(23)22-11-14(10-20)9-12(22)2/h5-8,12,14H,4,9-11,20H2,1-3H3. The van der Waals surface area contributed by atoms with Gasteiger partial charge in [0.05, 0.1) is 12.3 Å². The smallest absolute Gasteiger partial charge is 0.266 e. The third-order valence-electron chi connectivity index (χ3n) is 4.66. The zero-order chi connectivity index (χ0) is 18.0. The van der Waals surface area contributed by atoms with Gasteiger partial charge in [0.25, 0.3) is 5.91 Å². The van der Waals surface area contributed by atoms with Crippen LogP contribution in [0.25, 0.3) is 10.6 Å². The topological polar surface area (TPSA) is 68.5 Å². The van der Waals surface area contributed by atoms with Gasteiger partial charge in [-0.1, -0.05) is 0 Å². The van der Waals surface area contributed by atoms with Crippen LogP contribution in [0.5, 0.6) is 5.75 Å². The van der Waals surface area contributed by atoms with Crippen molar-refractivity contribution in [1.29, 1.82) is 0 Å². The van der Waals surface area contributed by atoms with Gasteiger partial charge in [0, 0.05) is 18.2 Å². The SMILES string of the molecule is CCOc1ccc(-c2nc(C)c(C(=O)N3CC(CN)CC3C)s2)cc1. The van der Waals surface area contributed by atoms with Gasteiger partial charge in [-0.25, -0.2) is 4.98 Å². The van der Waals surface area contributed by atoms with Gasteiger partial charge in [-0.3, -0.25) is 4.79 Å². The molecule has 0 bridgehead atoms. The lowest BCUT2D eigenvalue weighted by Crippen LogP contribution is -2.34. The summed E-state index contributed by atoms with van der Waals surface area (Å²) >= 11 is 1.46. The molecule has 1 aliphatic heterocycles. The molecule has 1 amide bonds. The van der Waals surface area contributed by atoms with Gasteiger partial charge >= 0.3 is 0 Å². The van der Waals surface area contributed by atoms with Crippen molar-refractivity contribution in [2.75, 3.05) is 19.7 Å². The van der Waals surface area contributed by atoms with Gasteiger partial charge in [-0.15, -0.1) is 11.3 Å². The van der Waals surface area contributed by atoms with Crippen molar-refractivity contribution in [3.63, 3.8) is 0 Å². The fourth-order valence-electron chi connectivity index (χ4n) is 3.31. The molecule has 2 unspecified atom stereocenters. The van der Waals surface area contributed by atoms with Crippen LogP contribution in [0, 0.1) is 12.8 Å². The number of carbonyl (C=O) groups is 1. The maximum atomic E-state index is 13.0. The van der Waals surface area contributed by atoms with E-state index >= 15 is 0 Å². The van der Waals surface area contributed by atoms with Crippen LogP contribution in [0.1, 0.15) is 35.6 Å². The van der Waals surface area contributed by atoms with Gasteiger partial charge in [0.2, 0.25) is 0 Å². The minimum atomic E-state index is 0.0793. The van der Waals surface area contributed by atoms with E-state index in [4.69, 9.17) is 10.5 Å². The lowest BCUT2D eigenvalue weighted by Gasteiger charge is -2.20. The first-order valence-corrected chi connectivity index (χ1v) is 9.56. The summed E-state index contributed by atoms with van der Waals surface area (Å²) in [4.78, 5) is 20.3. The molecule has 2 atom stereocenters. The molecule has 1 aromatic heterocycles. The van der Waals surface area contributed by atoms with Crippen molar-refractivity contribution >= 4 is 17.2 Å². The second-order valence-electron chi connectivity index (χ2n) is 6.53. The number of rotatable bonds is 5. The average Bonchev–Trinajstić information content (AvgIpc) is 3.18. The highest BCUT2D eigenvalue weighted by atomic mass is 32.1. The Morgan fingerprint density at radius 2 is 2.12 bits per heavy atom. The number of likely N-dealkylation sites (tertiary alicyclic amines) is 1. The zero-order valence-corrected chi connectivity index (χ0v) is 15.8. The Balaban J connectivity index is 1.81. The molecule has 1 saturated heterocycles. The Bertz CT molecular complexity index is 742. The molecule has 0 spiro atoms. The molecular weight excluding hydrogens is 334 g/mol. The maximum absolute atomic E-state index is 13.0. The normalized spacial score (nSPS) is 20.1. The van der Waals surface area contributed by atoms with E-state index in [9.17, 15) is 4.79 Å². The summed E-state index contributed by atoms with van der Waals surface area (Å²) in [5.74, 6) is 1.32. The van der Waals surface area contributed by atoms with Crippen molar-refractivity contribution in [3.8, 4) is 16.3 Å². The second-order valence-corrected chi connectivity index (χ2v) is 7.53. The molecular formula is C19H25N3O2S. The molecule has 1 aliphatic rings. The lowest BCUT2D eigenvalue weighted by molar-refractivity contribution is 0.0747. The lowest BCUT2D eigenvalue weighted by atomic mass is 10.1. The summed E-state index contributed by atoms with van der Waals surface area (Å²) in [5, 5.41) is 0.867. The Hall–Kier alpha value is -1.92. The third kappa shape index (κ3) is 3.70. The first kappa shape index (κ1) is 17.9. The molecule has 3 rings (SSSR count). The number of aromatic nitrogens is 1. The van der Waals surface area contributed by atoms with E-state index in [1.807, 2.05) is 43.0 Å². The Morgan fingerprint density at radius 1 is 1.40 bits per heavy atom. The molecule has 134 valence electrons. The molecule has 0 radical (unpaired) electrons. The number of hydrogen-bond acceptors (Lipinski definition) is 5. The third-order valence-corrected chi connectivity index (χ3v) is 5.85. The summed E-state index contributed by atoms with van der Waals surface area (Å²) in [6.07, 6.45) is 0.978. The molecule has 2 N–H and O–H groups in total. The fraction of sp³-hybridized carbons (Fsp3) is 0.474. The van der Waals surface area contributed by atoms with Gasteiger partial charge in [-0.05, 0) is 63.9 Å². The minimum Gasteiger partial charge on any atom is -0.494 e. The van der Waals surface area contributed by atoms with Gasteiger partial charge < -0.3 is 15.4 Å². The van der Waals surface area contributed by atoms with Crippen LogP contribution < -0.4 is 10.5 Å². The Morgan fingerprint density at radius 3 is 2.72 bits per heavy atom. The van der Waals surface area contributed by atoms with E-state index < -0.39 is 0 Å². The van der Waals surface area contributed by atoms with E-state index in [0.717, 1.165) is 39.9 Å². The number of ether oxygens (including phenoxy) is 1. The first-order valence-electron chi connectivity index (χ1n) is 8.75. The fourth-order valence-corrected chi connectivity index (χ4v) is 4.33. The summed E-state index contributed by atoms with van der Waals surface area (Å²) in [6, 6.07) is 8.08. The van der Waals surface area contributed by atoms with Gasteiger partial charge in [0.1, 0.15) is 15.6 Å². The molecule has 0 aliphatic carbocycles. The quantitative estimate of drug-likeness (QED) is 0.889. The minimum absolute atomic E-state index is 0.0793. The number of thiazole rings is 1. The molecule has 5 nitrogen and oxygen atoms in total. The number of aryl methyl sites for hydroxylation is 1. The van der Waals surface area contributed by atoms with Crippen LogP contribution in [-0.4, -0.2) is 41.5 Å². The molecule has 0 saturated carbocycles. The molecule has 2 aromatic rings. The Kier molecular flexibility index (Phi) is 5.39. The summed E-state index contributed by atoms with van der Waals surface area (Å²) in [5.41, 5.74) is 7.58. The summed E-state index contributed by atoms with van der Waals surface area (Å²) in [6.45, 7) is 7.98. The predicted octanol–water partition coefficient (Wildman–Crippen LogP) is 3.33. The van der Waals surface area contributed by atoms with E-state index in [1.54, 1.807) is 0 Å². The Labute approximate surface area is 152 Å². The monoisotopic (exact) mass is 359 g/mol. The van der Waals surface area contributed by atoms with Gasteiger partial charge in [-0.2, -0.15) is 0 Å². The van der Waals surface area contributed by atoms with E-state index in [0.29, 0.717) is 19.1 Å². The van der Waals surface area contributed by atoms with E-state index in [1.165, 1.54) is 11.3 Å². The van der Waals surface area contributed by atoms with Gasteiger partial charge in [0.15, 0.2) is 0 Å². The number of carbonyl (C=O) groups excluding carboxylic acids is 1. The van der Waals surface area contributed by atoms with E-state index in [2.05, 4.69) is 11.9 Å². The van der Waals surface area contributed by atoms with Crippen molar-refractivity contribution in [3.05, 3.63) is 34.8 Å².